The number of benzene rings is 1. The van der Waals surface area contributed by atoms with Crippen LogP contribution in [0.5, 0.6) is 0 Å². The maximum absolute atomic E-state index is 12.0. The molecule has 0 radical (unpaired) electrons. The Morgan fingerprint density at radius 3 is 2.78 bits per heavy atom. The summed E-state index contributed by atoms with van der Waals surface area (Å²) in [4.78, 5) is 16.6. The quantitative estimate of drug-likeness (QED) is 0.404. The summed E-state index contributed by atoms with van der Waals surface area (Å²) in [6, 6.07) is 12.5. The maximum atomic E-state index is 12.0. The first-order valence-corrected chi connectivity index (χ1v) is 11.0. The van der Waals surface area contributed by atoms with E-state index in [1.807, 2.05) is 26.0 Å². The fourth-order valence-electron chi connectivity index (χ4n) is 4.39. The minimum Gasteiger partial charge on any atom is -0.481 e. The zero-order valence-corrected chi connectivity index (χ0v) is 18.3. The van der Waals surface area contributed by atoms with Crippen LogP contribution in [0.2, 0.25) is 0 Å². The molecule has 1 aliphatic heterocycles. The largest absolute Gasteiger partial charge is 0.481 e. The van der Waals surface area contributed by atoms with E-state index in [4.69, 9.17) is 0 Å². The topological polar surface area (TPSA) is 129 Å². The number of fused-ring (bicyclic) bond motifs is 1. The van der Waals surface area contributed by atoms with Crippen LogP contribution in [0, 0.1) is 11.8 Å². The third-order valence-electron chi connectivity index (χ3n) is 5.94. The van der Waals surface area contributed by atoms with Crippen LogP contribution >= 0.6 is 0 Å². The Balaban J connectivity index is 1.50. The van der Waals surface area contributed by atoms with Gasteiger partial charge in [-0.1, -0.05) is 44.2 Å². The number of nitrogens with one attached hydrogen (secondary N) is 3. The van der Waals surface area contributed by atoms with E-state index in [-0.39, 0.29) is 17.9 Å². The van der Waals surface area contributed by atoms with Gasteiger partial charge < -0.3 is 15.7 Å². The molecule has 0 amide bonds. The maximum Gasteiger partial charge on any atom is 0.307 e. The Hall–Kier alpha value is -3.33. The highest BCUT2D eigenvalue weighted by atomic mass is 16.4. The number of aromatic nitrogens is 5. The van der Waals surface area contributed by atoms with Crippen molar-refractivity contribution in [3.8, 4) is 0 Å². The van der Waals surface area contributed by atoms with Crippen molar-refractivity contribution < 1.29 is 9.90 Å². The summed E-state index contributed by atoms with van der Waals surface area (Å²) in [6.45, 7) is 5.74. The second-order valence-corrected chi connectivity index (χ2v) is 8.75. The van der Waals surface area contributed by atoms with Crippen molar-refractivity contribution in [3.63, 3.8) is 0 Å². The van der Waals surface area contributed by atoms with E-state index in [0.717, 1.165) is 24.5 Å². The predicted molar refractivity (Wildman–Crippen MR) is 120 cm³/mol. The monoisotopic (exact) mass is 435 g/mol. The molecule has 1 unspecified atom stereocenters. The van der Waals surface area contributed by atoms with Gasteiger partial charge in [0.1, 0.15) is 5.82 Å². The van der Waals surface area contributed by atoms with Gasteiger partial charge in [-0.2, -0.15) is 0 Å². The van der Waals surface area contributed by atoms with E-state index in [1.54, 1.807) is 6.20 Å². The van der Waals surface area contributed by atoms with Crippen molar-refractivity contribution in [1.29, 1.82) is 0 Å². The lowest BCUT2D eigenvalue weighted by Gasteiger charge is -2.27. The Morgan fingerprint density at radius 1 is 1.25 bits per heavy atom. The van der Waals surface area contributed by atoms with Crippen LogP contribution in [0.1, 0.15) is 54.7 Å². The molecule has 0 spiro atoms. The van der Waals surface area contributed by atoms with Gasteiger partial charge in [0.15, 0.2) is 5.82 Å². The average molecular weight is 436 g/mol. The first kappa shape index (κ1) is 21.9. The van der Waals surface area contributed by atoms with Crippen molar-refractivity contribution in [1.82, 2.24) is 30.9 Å². The molecule has 0 aliphatic carbocycles. The lowest BCUT2D eigenvalue weighted by atomic mass is 9.81. The van der Waals surface area contributed by atoms with Crippen molar-refractivity contribution in [2.75, 3.05) is 11.9 Å². The lowest BCUT2D eigenvalue weighted by molar-refractivity contribution is -0.143. The Labute approximate surface area is 187 Å². The molecular weight excluding hydrogens is 406 g/mol. The number of aromatic amines is 1. The molecule has 2 aromatic heterocycles. The van der Waals surface area contributed by atoms with Gasteiger partial charge in [0.2, 0.25) is 0 Å². The summed E-state index contributed by atoms with van der Waals surface area (Å²) in [7, 11) is 0. The minimum absolute atomic E-state index is 0.147. The molecule has 168 valence electrons. The van der Waals surface area contributed by atoms with Crippen LogP contribution in [0.15, 0.2) is 42.6 Å². The number of anilines is 1. The molecule has 1 aliphatic rings. The standard InChI is InChI=1S/C23H29N7O2/c1-14(2)9-19(23(31)32)18(22-27-29-30-28-22)10-15-7-8-21(25-11-15)26-20-13-24-12-16-5-3-4-6-17(16)20/h3-8,11,14,18-20,24H,9-10,12-13H2,1-2H3,(H,25,26)(H,31,32)(H,27,28,29,30)/t18-,19-,20?/m0/s1. The molecule has 1 aromatic carbocycles. The molecule has 4 N–H and O–H groups in total. The number of tetrazole rings is 1. The highest BCUT2D eigenvalue weighted by Crippen LogP contribution is 2.31. The molecular formula is C23H29N7O2. The second-order valence-electron chi connectivity index (χ2n) is 8.75. The fraction of sp³-hybridized carbons (Fsp3) is 0.435. The van der Waals surface area contributed by atoms with Gasteiger partial charge in [0.05, 0.1) is 12.0 Å². The third kappa shape index (κ3) is 5.11. The van der Waals surface area contributed by atoms with Crippen molar-refractivity contribution in [3.05, 3.63) is 65.1 Å². The zero-order chi connectivity index (χ0) is 22.5. The number of aliphatic carboxylic acids is 1. The van der Waals surface area contributed by atoms with Gasteiger partial charge in [-0.05, 0) is 51.9 Å². The summed E-state index contributed by atoms with van der Waals surface area (Å²) in [6.07, 6.45) is 2.83. The van der Waals surface area contributed by atoms with Gasteiger partial charge in [0, 0.05) is 25.2 Å². The van der Waals surface area contributed by atoms with E-state index in [0.29, 0.717) is 18.7 Å². The van der Waals surface area contributed by atoms with Crippen molar-refractivity contribution >= 4 is 11.8 Å². The number of H-pyrrole nitrogens is 1. The highest BCUT2D eigenvalue weighted by Gasteiger charge is 2.33. The van der Waals surface area contributed by atoms with Gasteiger partial charge in [-0.25, -0.2) is 10.1 Å². The molecule has 0 fully saturated rings. The lowest BCUT2D eigenvalue weighted by Crippen LogP contribution is -2.32. The van der Waals surface area contributed by atoms with E-state index in [1.165, 1.54) is 11.1 Å². The first-order valence-electron chi connectivity index (χ1n) is 11.0. The Kier molecular flexibility index (Phi) is 6.75. The molecule has 0 bridgehead atoms. The molecule has 3 heterocycles. The number of carboxylic acid groups (broad SMARTS) is 1. The van der Waals surface area contributed by atoms with E-state index in [9.17, 15) is 9.90 Å². The minimum atomic E-state index is -0.838. The van der Waals surface area contributed by atoms with E-state index >= 15 is 0 Å². The number of rotatable bonds is 9. The molecule has 9 heteroatoms. The van der Waals surface area contributed by atoms with Crippen molar-refractivity contribution in [2.24, 2.45) is 11.8 Å². The molecule has 0 saturated carbocycles. The fourth-order valence-corrected chi connectivity index (χ4v) is 4.39. The summed E-state index contributed by atoms with van der Waals surface area (Å²) in [5, 5.41) is 30.9. The number of carbonyl (C=O) groups is 1. The predicted octanol–water partition coefficient (Wildman–Crippen LogP) is 2.92. The molecule has 0 saturated heterocycles. The van der Waals surface area contributed by atoms with Crippen LogP contribution in [0.3, 0.4) is 0 Å². The number of nitrogens with zero attached hydrogens (tertiary/aromatic N) is 4. The van der Waals surface area contributed by atoms with Crippen LogP contribution in [-0.2, 0) is 17.8 Å². The number of carboxylic acids is 1. The normalized spacial score (nSPS) is 17.5. The van der Waals surface area contributed by atoms with Crippen LogP contribution < -0.4 is 10.6 Å². The zero-order valence-electron chi connectivity index (χ0n) is 18.3. The van der Waals surface area contributed by atoms with Crippen LogP contribution in [-0.4, -0.2) is 43.2 Å². The molecule has 4 rings (SSSR count). The SMILES string of the molecule is CC(C)C[C@H](C(=O)O)[C@H](Cc1ccc(NC2CNCc3ccccc32)nc1)c1nnn[nH]1. The molecule has 3 aromatic rings. The van der Waals surface area contributed by atoms with Crippen LogP contribution in [0.25, 0.3) is 0 Å². The summed E-state index contributed by atoms with van der Waals surface area (Å²) in [5.74, 6) is -0.273. The second kappa shape index (κ2) is 9.86. The first-order chi connectivity index (χ1) is 15.5. The molecule has 32 heavy (non-hydrogen) atoms. The van der Waals surface area contributed by atoms with Gasteiger partial charge in [0.25, 0.3) is 0 Å². The Morgan fingerprint density at radius 2 is 2.09 bits per heavy atom. The summed E-state index contributed by atoms with van der Waals surface area (Å²) >= 11 is 0. The number of hydrogen-bond acceptors (Lipinski definition) is 7. The van der Waals surface area contributed by atoms with Crippen LogP contribution in [0.4, 0.5) is 5.82 Å². The Bertz CT molecular complexity index is 1020. The van der Waals surface area contributed by atoms with E-state index < -0.39 is 11.9 Å². The number of pyridine rings is 1. The average Bonchev–Trinajstić information content (AvgIpc) is 3.32. The van der Waals surface area contributed by atoms with E-state index in [2.05, 4.69) is 60.5 Å². The molecule has 3 atom stereocenters. The highest BCUT2D eigenvalue weighted by molar-refractivity contribution is 5.71. The third-order valence-corrected chi connectivity index (χ3v) is 5.94. The summed E-state index contributed by atoms with van der Waals surface area (Å²) in [5.41, 5.74) is 3.52. The summed E-state index contributed by atoms with van der Waals surface area (Å²) < 4.78 is 0. The number of hydrogen-bond donors (Lipinski definition) is 4. The van der Waals surface area contributed by atoms with Crippen molar-refractivity contribution in [2.45, 2.75) is 45.2 Å². The van der Waals surface area contributed by atoms with Gasteiger partial charge >= 0.3 is 5.97 Å². The van der Waals surface area contributed by atoms with Gasteiger partial charge in [-0.15, -0.1) is 5.10 Å². The molecule has 9 nitrogen and oxygen atoms in total. The smallest absolute Gasteiger partial charge is 0.307 e. The van der Waals surface area contributed by atoms with Gasteiger partial charge in [-0.3, -0.25) is 4.79 Å².